The van der Waals surface area contributed by atoms with E-state index in [0.29, 0.717) is 5.56 Å². The Labute approximate surface area is 142 Å². The van der Waals surface area contributed by atoms with E-state index in [-0.39, 0.29) is 11.2 Å². The summed E-state index contributed by atoms with van der Waals surface area (Å²) in [6.45, 7) is 6.34. The van der Waals surface area contributed by atoms with Gasteiger partial charge in [0.2, 0.25) is 0 Å². The van der Waals surface area contributed by atoms with Gasteiger partial charge in [-0.25, -0.2) is 4.39 Å². The van der Waals surface area contributed by atoms with E-state index < -0.39 is 0 Å². The summed E-state index contributed by atoms with van der Waals surface area (Å²) in [5.74, 6) is 0.551. The summed E-state index contributed by atoms with van der Waals surface area (Å²) in [7, 11) is 1.69. The average molecular weight is 323 g/mol. The van der Waals surface area contributed by atoms with Gasteiger partial charge < -0.3 is 4.74 Å². The SMILES string of the molecule is C=C(F)c1ccc2c(c1)C1(CC1)CN(Cc1ccc(OC)cc1)C2. The average Bonchev–Trinajstić information content (AvgIpc) is 3.35. The van der Waals surface area contributed by atoms with E-state index in [9.17, 15) is 4.39 Å². The Morgan fingerprint density at radius 1 is 1.21 bits per heavy atom. The molecule has 4 rings (SSSR count). The molecule has 2 aromatic rings. The van der Waals surface area contributed by atoms with Gasteiger partial charge in [-0.05, 0) is 47.7 Å². The maximum absolute atomic E-state index is 13.5. The predicted octanol–water partition coefficient (Wildman–Crippen LogP) is 4.68. The number of hydrogen-bond donors (Lipinski definition) is 0. The van der Waals surface area contributed by atoms with Crippen molar-refractivity contribution < 1.29 is 9.13 Å². The minimum Gasteiger partial charge on any atom is -0.497 e. The van der Waals surface area contributed by atoms with Crippen LogP contribution in [-0.2, 0) is 18.5 Å². The molecular formula is C21H22FNO. The lowest BCUT2D eigenvalue weighted by molar-refractivity contribution is 0.213. The smallest absolute Gasteiger partial charge is 0.123 e. The summed E-state index contributed by atoms with van der Waals surface area (Å²) >= 11 is 0. The van der Waals surface area contributed by atoms with Gasteiger partial charge in [0, 0.05) is 30.6 Å². The van der Waals surface area contributed by atoms with E-state index in [1.165, 1.54) is 29.5 Å². The van der Waals surface area contributed by atoms with Gasteiger partial charge in [-0.2, -0.15) is 0 Å². The molecule has 0 atom stereocenters. The van der Waals surface area contributed by atoms with Crippen LogP contribution in [0.15, 0.2) is 49.0 Å². The summed E-state index contributed by atoms with van der Waals surface area (Å²) in [6.07, 6.45) is 2.39. The molecule has 1 aliphatic carbocycles. The van der Waals surface area contributed by atoms with E-state index in [4.69, 9.17) is 4.74 Å². The lowest BCUT2D eigenvalue weighted by atomic mass is 9.85. The van der Waals surface area contributed by atoms with Crippen molar-refractivity contribution in [1.29, 1.82) is 0 Å². The van der Waals surface area contributed by atoms with Gasteiger partial charge in [0.05, 0.1) is 7.11 Å². The highest BCUT2D eigenvalue weighted by Crippen LogP contribution is 2.53. The molecule has 0 radical (unpaired) electrons. The van der Waals surface area contributed by atoms with E-state index in [0.717, 1.165) is 25.4 Å². The highest BCUT2D eigenvalue weighted by atomic mass is 19.1. The van der Waals surface area contributed by atoms with Gasteiger partial charge in [0.15, 0.2) is 0 Å². The molecule has 1 aliphatic heterocycles. The molecule has 2 aromatic carbocycles. The summed E-state index contributed by atoms with van der Waals surface area (Å²) in [6, 6.07) is 14.2. The van der Waals surface area contributed by atoms with Crippen LogP contribution in [0, 0.1) is 0 Å². The van der Waals surface area contributed by atoms with Crippen LogP contribution in [0.25, 0.3) is 5.83 Å². The van der Waals surface area contributed by atoms with Crippen molar-refractivity contribution in [2.75, 3.05) is 13.7 Å². The Bertz CT molecular complexity index is 777. The molecule has 2 nitrogen and oxygen atoms in total. The number of rotatable bonds is 4. The van der Waals surface area contributed by atoms with Crippen molar-refractivity contribution in [3.8, 4) is 5.75 Å². The Balaban J connectivity index is 1.57. The van der Waals surface area contributed by atoms with Gasteiger partial charge in [0.25, 0.3) is 0 Å². The van der Waals surface area contributed by atoms with Gasteiger partial charge in [-0.1, -0.05) is 30.8 Å². The quantitative estimate of drug-likeness (QED) is 0.810. The van der Waals surface area contributed by atoms with Crippen molar-refractivity contribution in [1.82, 2.24) is 4.90 Å². The first-order valence-electron chi connectivity index (χ1n) is 8.43. The minimum atomic E-state index is -0.339. The molecule has 0 amide bonds. The number of fused-ring (bicyclic) bond motifs is 2. The summed E-state index contributed by atoms with van der Waals surface area (Å²) < 4.78 is 18.7. The molecule has 1 fully saturated rings. The highest BCUT2D eigenvalue weighted by Gasteiger charge is 2.49. The van der Waals surface area contributed by atoms with Crippen LogP contribution in [0.2, 0.25) is 0 Å². The van der Waals surface area contributed by atoms with E-state index in [1.54, 1.807) is 7.11 Å². The van der Waals surface area contributed by atoms with Crippen LogP contribution in [0.3, 0.4) is 0 Å². The maximum Gasteiger partial charge on any atom is 0.123 e. The van der Waals surface area contributed by atoms with Crippen LogP contribution in [-0.4, -0.2) is 18.6 Å². The zero-order valence-electron chi connectivity index (χ0n) is 14.0. The molecule has 1 spiro atoms. The first kappa shape index (κ1) is 15.4. The first-order chi connectivity index (χ1) is 11.6. The third-order valence-electron chi connectivity index (χ3n) is 5.33. The third kappa shape index (κ3) is 2.73. The highest BCUT2D eigenvalue weighted by molar-refractivity contribution is 5.60. The molecule has 1 saturated carbocycles. The second-order valence-corrected chi connectivity index (χ2v) is 7.05. The molecule has 1 heterocycles. The monoisotopic (exact) mass is 323 g/mol. The number of hydrogen-bond acceptors (Lipinski definition) is 2. The lowest BCUT2D eigenvalue weighted by Gasteiger charge is -2.35. The van der Waals surface area contributed by atoms with Crippen molar-refractivity contribution in [2.45, 2.75) is 31.3 Å². The Morgan fingerprint density at radius 3 is 2.58 bits per heavy atom. The van der Waals surface area contributed by atoms with Crippen molar-refractivity contribution >= 4 is 5.83 Å². The van der Waals surface area contributed by atoms with Gasteiger partial charge in [-0.3, -0.25) is 4.90 Å². The fourth-order valence-corrected chi connectivity index (χ4v) is 3.87. The molecule has 0 bridgehead atoms. The molecule has 2 aliphatic rings. The Morgan fingerprint density at radius 2 is 1.96 bits per heavy atom. The second-order valence-electron chi connectivity index (χ2n) is 7.05. The molecule has 3 heteroatoms. The van der Waals surface area contributed by atoms with E-state index in [1.807, 2.05) is 24.3 Å². The third-order valence-corrected chi connectivity index (χ3v) is 5.33. The Kier molecular flexibility index (Phi) is 3.69. The maximum atomic E-state index is 13.5. The standard InChI is InChI=1S/C21H22FNO/c1-15(22)17-5-6-18-13-23(14-21(9-10-21)20(18)11-17)12-16-3-7-19(24-2)8-4-16/h3-8,11H,1,9-10,12-14H2,2H3. The topological polar surface area (TPSA) is 12.5 Å². The molecule has 0 aromatic heterocycles. The van der Waals surface area contributed by atoms with Crippen LogP contribution in [0.5, 0.6) is 5.75 Å². The number of ether oxygens (including phenoxy) is 1. The fourth-order valence-electron chi connectivity index (χ4n) is 3.87. The molecule has 24 heavy (non-hydrogen) atoms. The molecular weight excluding hydrogens is 301 g/mol. The van der Waals surface area contributed by atoms with E-state index in [2.05, 4.69) is 29.7 Å². The van der Waals surface area contributed by atoms with Crippen LogP contribution >= 0.6 is 0 Å². The van der Waals surface area contributed by atoms with Gasteiger partial charge >= 0.3 is 0 Å². The van der Waals surface area contributed by atoms with Crippen LogP contribution in [0.4, 0.5) is 4.39 Å². The molecule has 124 valence electrons. The molecule has 0 N–H and O–H groups in total. The normalized spacial score (nSPS) is 18.2. The van der Waals surface area contributed by atoms with Crippen LogP contribution < -0.4 is 4.74 Å². The molecule has 0 unspecified atom stereocenters. The van der Waals surface area contributed by atoms with Crippen LogP contribution in [0.1, 0.15) is 35.1 Å². The summed E-state index contributed by atoms with van der Waals surface area (Å²) in [4.78, 5) is 2.50. The van der Waals surface area contributed by atoms with Gasteiger partial charge in [0.1, 0.15) is 11.6 Å². The largest absolute Gasteiger partial charge is 0.497 e. The van der Waals surface area contributed by atoms with E-state index >= 15 is 0 Å². The number of methoxy groups -OCH3 is 1. The number of benzene rings is 2. The van der Waals surface area contributed by atoms with Crippen molar-refractivity contribution in [3.05, 3.63) is 71.3 Å². The minimum absolute atomic E-state index is 0.228. The molecule has 0 saturated heterocycles. The summed E-state index contributed by atoms with van der Waals surface area (Å²) in [5.41, 5.74) is 4.82. The Hall–Kier alpha value is -2.13. The lowest BCUT2D eigenvalue weighted by Crippen LogP contribution is -2.37. The van der Waals surface area contributed by atoms with Crippen molar-refractivity contribution in [2.24, 2.45) is 0 Å². The second kappa shape index (κ2) is 5.75. The first-order valence-corrected chi connectivity index (χ1v) is 8.43. The van der Waals surface area contributed by atoms with Gasteiger partial charge in [-0.15, -0.1) is 0 Å². The number of halogens is 1. The zero-order chi connectivity index (χ0) is 16.7. The number of nitrogens with zero attached hydrogens (tertiary/aromatic N) is 1. The zero-order valence-corrected chi connectivity index (χ0v) is 14.0. The predicted molar refractivity (Wildman–Crippen MR) is 94.6 cm³/mol. The van der Waals surface area contributed by atoms with Crippen molar-refractivity contribution in [3.63, 3.8) is 0 Å². The fraction of sp³-hybridized carbons (Fsp3) is 0.333. The summed E-state index contributed by atoms with van der Waals surface area (Å²) in [5, 5.41) is 0.